The van der Waals surface area contributed by atoms with Crippen molar-refractivity contribution in [2.75, 3.05) is 0 Å². The summed E-state index contributed by atoms with van der Waals surface area (Å²) in [6.45, 7) is 0. The maximum absolute atomic E-state index is 13.3. The van der Waals surface area contributed by atoms with Crippen molar-refractivity contribution in [3.8, 4) is 0 Å². The van der Waals surface area contributed by atoms with Crippen LogP contribution >= 0.6 is 0 Å². The van der Waals surface area contributed by atoms with Gasteiger partial charge in [0.2, 0.25) is 0 Å². The SMILES string of the molecule is Fc1cccc2c3c([nH]c12)CCC3. The Hall–Kier alpha value is -1.31. The number of hydrogen-bond donors (Lipinski definition) is 1. The van der Waals surface area contributed by atoms with Gasteiger partial charge < -0.3 is 4.98 Å². The second-order valence-corrected chi connectivity index (χ2v) is 3.60. The van der Waals surface area contributed by atoms with Crippen LogP contribution in [0.5, 0.6) is 0 Å². The number of para-hydroxylation sites is 1. The van der Waals surface area contributed by atoms with Crippen LogP contribution in [0.3, 0.4) is 0 Å². The van der Waals surface area contributed by atoms with Crippen molar-refractivity contribution >= 4 is 10.9 Å². The standard InChI is InChI=1S/C11H10FN/c12-9-5-1-4-8-7-3-2-6-10(7)13-11(8)9/h1,4-5,13H,2-3,6H2. The molecule has 2 heteroatoms. The molecule has 0 aliphatic heterocycles. The van der Waals surface area contributed by atoms with Gasteiger partial charge in [0, 0.05) is 11.1 Å². The Kier molecular flexibility index (Phi) is 1.29. The zero-order valence-corrected chi connectivity index (χ0v) is 7.23. The molecule has 1 aliphatic rings. The lowest BCUT2D eigenvalue weighted by Gasteiger charge is -1.93. The van der Waals surface area contributed by atoms with E-state index in [0.29, 0.717) is 5.52 Å². The van der Waals surface area contributed by atoms with Gasteiger partial charge in [-0.3, -0.25) is 0 Å². The first-order valence-electron chi connectivity index (χ1n) is 4.64. The van der Waals surface area contributed by atoms with Crippen LogP contribution in [0, 0.1) is 5.82 Å². The largest absolute Gasteiger partial charge is 0.356 e. The number of rotatable bonds is 0. The highest BCUT2D eigenvalue weighted by Crippen LogP contribution is 2.30. The Morgan fingerprint density at radius 3 is 3.08 bits per heavy atom. The topological polar surface area (TPSA) is 15.8 Å². The normalized spacial score (nSPS) is 15.2. The highest BCUT2D eigenvalue weighted by molar-refractivity contribution is 5.85. The van der Waals surface area contributed by atoms with Crippen LogP contribution in [0.2, 0.25) is 0 Å². The molecule has 0 unspecified atom stereocenters. The third kappa shape index (κ3) is 0.857. The van der Waals surface area contributed by atoms with E-state index in [0.717, 1.165) is 18.2 Å². The smallest absolute Gasteiger partial charge is 0.147 e. The third-order valence-electron chi connectivity index (χ3n) is 2.83. The summed E-state index contributed by atoms with van der Waals surface area (Å²) < 4.78 is 13.3. The minimum absolute atomic E-state index is 0.132. The van der Waals surface area contributed by atoms with Gasteiger partial charge in [0.15, 0.2) is 0 Å². The molecule has 13 heavy (non-hydrogen) atoms. The van der Waals surface area contributed by atoms with Crippen molar-refractivity contribution in [1.29, 1.82) is 0 Å². The lowest BCUT2D eigenvalue weighted by molar-refractivity contribution is 0.637. The molecular weight excluding hydrogens is 165 g/mol. The number of benzene rings is 1. The number of halogens is 1. The minimum atomic E-state index is -0.132. The van der Waals surface area contributed by atoms with Crippen molar-refractivity contribution in [3.63, 3.8) is 0 Å². The second-order valence-electron chi connectivity index (χ2n) is 3.60. The molecule has 1 N–H and O–H groups in total. The van der Waals surface area contributed by atoms with E-state index in [1.165, 1.54) is 23.7 Å². The minimum Gasteiger partial charge on any atom is -0.356 e. The van der Waals surface area contributed by atoms with Crippen molar-refractivity contribution in [2.45, 2.75) is 19.3 Å². The highest BCUT2D eigenvalue weighted by Gasteiger charge is 2.17. The van der Waals surface area contributed by atoms with Crippen LogP contribution in [0.15, 0.2) is 18.2 Å². The monoisotopic (exact) mass is 175 g/mol. The zero-order chi connectivity index (χ0) is 8.84. The van der Waals surface area contributed by atoms with Crippen molar-refractivity contribution < 1.29 is 4.39 Å². The molecule has 0 fully saturated rings. The number of fused-ring (bicyclic) bond motifs is 3. The molecule has 66 valence electrons. The van der Waals surface area contributed by atoms with Gasteiger partial charge in [-0.15, -0.1) is 0 Å². The number of aromatic nitrogens is 1. The van der Waals surface area contributed by atoms with Crippen molar-refractivity contribution in [3.05, 3.63) is 35.3 Å². The zero-order valence-electron chi connectivity index (χ0n) is 7.23. The molecule has 1 nitrogen and oxygen atoms in total. The van der Waals surface area contributed by atoms with Gasteiger partial charge in [0.05, 0.1) is 5.52 Å². The van der Waals surface area contributed by atoms with Gasteiger partial charge >= 0.3 is 0 Å². The average Bonchev–Trinajstić information content (AvgIpc) is 2.65. The predicted molar refractivity (Wildman–Crippen MR) is 50.3 cm³/mol. The maximum Gasteiger partial charge on any atom is 0.147 e. The fraction of sp³-hybridized carbons (Fsp3) is 0.273. The van der Waals surface area contributed by atoms with Gasteiger partial charge in [0.1, 0.15) is 5.82 Å². The fourth-order valence-electron chi connectivity index (χ4n) is 2.23. The number of aryl methyl sites for hydroxylation is 2. The Labute approximate surface area is 75.6 Å². The van der Waals surface area contributed by atoms with Crippen LogP contribution in [-0.4, -0.2) is 4.98 Å². The molecule has 1 aliphatic carbocycles. The molecular formula is C11H10FN. The predicted octanol–water partition coefficient (Wildman–Crippen LogP) is 2.80. The van der Waals surface area contributed by atoms with Gasteiger partial charge in [-0.05, 0) is 30.9 Å². The van der Waals surface area contributed by atoms with E-state index in [1.54, 1.807) is 6.07 Å². The fourth-order valence-corrected chi connectivity index (χ4v) is 2.23. The Morgan fingerprint density at radius 1 is 1.23 bits per heavy atom. The first-order valence-corrected chi connectivity index (χ1v) is 4.64. The number of hydrogen-bond acceptors (Lipinski definition) is 0. The summed E-state index contributed by atoms with van der Waals surface area (Å²) in [7, 11) is 0. The van der Waals surface area contributed by atoms with Crippen LogP contribution in [0.4, 0.5) is 4.39 Å². The average molecular weight is 175 g/mol. The van der Waals surface area contributed by atoms with E-state index >= 15 is 0 Å². The van der Waals surface area contributed by atoms with Crippen LogP contribution in [-0.2, 0) is 12.8 Å². The van der Waals surface area contributed by atoms with E-state index in [4.69, 9.17) is 0 Å². The van der Waals surface area contributed by atoms with Crippen LogP contribution in [0.25, 0.3) is 10.9 Å². The molecule has 0 spiro atoms. The molecule has 1 heterocycles. The summed E-state index contributed by atoms with van der Waals surface area (Å²) in [4.78, 5) is 3.17. The molecule has 0 bridgehead atoms. The summed E-state index contributed by atoms with van der Waals surface area (Å²) in [6, 6.07) is 5.29. The molecule has 1 aromatic heterocycles. The molecule has 0 amide bonds. The number of nitrogens with one attached hydrogen (secondary N) is 1. The van der Waals surface area contributed by atoms with E-state index in [-0.39, 0.29) is 5.82 Å². The lowest BCUT2D eigenvalue weighted by atomic mass is 10.1. The van der Waals surface area contributed by atoms with E-state index in [2.05, 4.69) is 4.98 Å². The van der Waals surface area contributed by atoms with Crippen LogP contribution < -0.4 is 0 Å². The maximum atomic E-state index is 13.3. The summed E-state index contributed by atoms with van der Waals surface area (Å²) >= 11 is 0. The number of aromatic amines is 1. The number of H-pyrrole nitrogens is 1. The van der Waals surface area contributed by atoms with E-state index in [1.807, 2.05) is 6.07 Å². The first-order chi connectivity index (χ1) is 6.36. The van der Waals surface area contributed by atoms with E-state index < -0.39 is 0 Å². The van der Waals surface area contributed by atoms with Gasteiger partial charge in [-0.1, -0.05) is 12.1 Å². The first kappa shape index (κ1) is 7.13. The molecule has 1 aromatic carbocycles. The summed E-state index contributed by atoms with van der Waals surface area (Å²) in [5.74, 6) is -0.132. The summed E-state index contributed by atoms with van der Waals surface area (Å²) in [6.07, 6.45) is 3.37. The molecule has 0 saturated heterocycles. The third-order valence-corrected chi connectivity index (χ3v) is 2.83. The Bertz CT molecular complexity index is 470. The lowest BCUT2D eigenvalue weighted by Crippen LogP contribution is -1.80. The summed E-state index contributed by atoms with van der Waals surface area (Å²) in [5.41, 5.74) is 3.25. The van der Waals surface area contributed by atoms with Gasteiger partial charge in [0.25, 0.3) is 0 Å². The second kappa shape index (κ2) is 2.34. The van der Waals surface area contributed by atoms with Gasteiger partial charge in [-0.2, -0.15) is 0 Å². The van der Waals surface area contributed by atoms with Crippen LogP contribution in [0.1, 0.15) is 17.7 Å². The Balaban J connectivity index is 2.44. The van der Waals surface area contributed by atoms with Crippen molar-refractivity contribution in [1.82, 2.24) is 4.98 Å². The summed E-state index contributed by atoms with van der Waals surface area (Å²) in [5, 5.41) is 1.08. The Morgan fingerprint density at radius 2 is 2.15 bits per heavy atom. The molecule has 3 rings (SSSR count). The van der Waals surface area contributed by atoms with Crippen molar-refractivity contribution in [2.24, 2.45) is 0 Å². The molecule has 0 saturated carbocycles. The van der Waals surface area contributed by atoms with E-state index in [9.17, 15) is 4.39 Å². The quantitative estimate of drug-likeness (QED) is 0.633. The molecule has 2 aromatic rings. The molecule has 0 atom stereocenters. The molecule has 0 radical (unpaired) electrons. The highest BCUT2D eigenvalue weighted by atomic mass is 19.1. The van der Waals surface area contributed by atoms with Gasteiger partial charge in [-0.25, -0.2) is 4.39 Å².